The van der Waals surface area contributed by atoms with Crippen LogP contribution in [0, 0.1) is 35.0 Å². The smallest absolute Gasteiger partial charge is 0.137 e. The van der Waals surface area contributed by atoms with Gasteiger partial charge in [-0.05, 0) is 117 Å². The molecular weight excluding hydrogens is 619 g/mol. The molecule has 0 aliphatic heterocycles. The molecule has 2 heteroatoms. The summed E-state index contributed by atoms with van der Waals surface area (Å²) in [4.78, 5) is 2.81. The first-order chi connectivity index (χ1) is 25.3. The average Bonchev–Trinajstić information content (AvgIpc) is 3.83. The second kappa shape index (κ2) is 11.9. The van der Waals surface area contributed by atoms with Crippen molar-refractivity contribution in [3.63, 3.8) is 0 Å². The number of benzene rings is 1. The summed E-state index contributed by atoms with van der Waals surface area (Å²) in [6.07, 6.45) is 53.6. The van der Waals surface area contributed by atoms with Crippen LogP contribution in [0.1, 0.15) is 82.0 Å². The van der Waals surface area contributed by atoms with Crippen molar-refractivity contribution >= 4 is 22.7 Å². The SMILES string of the molecule is C1=CCCC(C2=CCCC=C2N(c2cccc3oc4c(c23)C=CCC4)C2C=CC3C4=C(CCC=C4)C4(C5CC=CC=C5C5C=CCCC54)C3C2)=C1. The molecule has 9 aliphatic carbocycles. The molecule has 1 aromatic carbocycles. The Kier molecular flexibility index (Phi) is 7.06. The molecule has 1 heterocycles. The highest BCUT2D eigenvalue weighted by atomic mass is 16.3. The Bertz CT molecular complexity index is 2160. The first-order valence-electron chi connectivity index (χ1n) is 20.2. The molecule has 51 heavy (non-hydrogen) atoms. The van der Waals surface area contributed by atoms with E-state index in [-0.39, 0.29) is 11.5 Å². The Balaban J connectivity index is 1.10. The zero-order valence-electron chi connectivity index (χ0n) is 29.8. The van der Waals surface area contributed by atoms with Crippen LogP contribution in [0.5, 0.6) is 0 Å². The molecule has 11 rings (SSSR count). The molecule has 1 fully saturated rings. The quantitative estimate of drug-likeness (QED) is 0.302. The summed E-state index contributed by atoms with van der Waals surface area (Å²) in [6, 6.07) is 7.11. The van der Waals surface area contributed by atoms with E-state index < -0.39 is 0 Å². The number of anilines is 1. The van der Waals surface area contributed by atoms with Gasteiger partial charge in [-0.15, -0.1) is 0 Å². The summed E-state index contributed by atoms with van der Waals surface area (Å²) in [7, 11) is 0. The van der Waals surface area contributed by atoms with Crippen molar-refractivity contribution in [1.29, 1.82) is 0 Å². The molecule has 0 amide bonds. The van der Waals surface area contributed by atoms with E-state index in [0.717, 1.165) is 49.9 Å². The number of nitrogens with zero attached hydrogens (tertiary/aromatic N) is 1. The second-order valence-corrected chi connectivity index (χ2v) is 16.5. The Hall–Kier alpha value is -4.30. The minimum atomic E-state index is 0.227. The Morgan fingerprint density at radius 2 is 1.65 bits per heavy atom. The third-order valence-electron chi connectivity index (χ3n) is 14.3. The number of furan rings is 1. The van der Waals surface area contributed by atoms with E-state index in [9.17, 15) is 0 Å². The predicted molar refractivity (Wildman–Crippen MR) is 211 cm³/mol. The molecule has 0 saturated heterocycles. The third-order valence-corrected chi connectivity index (χ3v) is 14.3. The number of aryl methyl sites for hydroxylation is 1. The van der Waals surface area contributed by atoms with Crippen LogP contribution in [0.2, 0.25) is 0 Å². The maximum atomic E-state index is 6.64. The van der Waals surface area contributed by atoms with E-state index in [1.54, 1.807) is 11.1 Å². The Labute approximate surface area is 303 Å². The molecule has 7 atom stereocenters. The molecule has 1 spiro atoms. The van der Waals surface area contributed by atoms with E-state index in [1.807, 2.05) is 5.57 Å². The Morgan fingerprint density at radius 3 is 2.61 bits per heavy atom. The maximum absolute atomic E-state index is 6.64. The van der Waals surface area contributed by atoms with Crippen LogP contribution in [0.25, 0.3) is 17.0 Å². The van der Waals surface area contributed by atoms with Crippen molar-refractivity contribution in [2.75, 3.05) is 4.90 Å². The largest absolute Gasteiger partial charge is 0.460 e. The lowest BCUT2D eigenvalue weighted by atomic mass is 9.55. The van der Waals surface area contributed by atoms with Crippen molar-refractivity contribution in [1.82, 2.24) is 0 Å². The fraction of sp³-hybridized carbons (Fsp3) is 0.388. The summed E-state index contributed by atoms with van der Waals surface area (Å²) < 4.78 is 6.64. The van der Waals surface area contributed by atoms with Gasteiger partial charge in [0, 0.05) is 34.9 Å². The monoisotopic (exact) mass is 667 g/mol. The van der Waals surface area contributed by atoms with E-state index >= 15 is 0 Å². The first kappa shape index (κ1) is 30.3. The summed E-state index contributed by atoms with van der Waals surface area (Å²) in [5.41, 5.74) is 13.5. The second-order valence-electron chi connectivity index (χ2n) is 16.5. The van der Waals surface area contributed by atoms with Gasteiger partial charge in [0.05, 0.1) is 17.1 Å². The molecule has 2 nitrogen and oxygen atoms in total. The third kappa shape index (κ3) is 4.35. The van der Waals surface area contributed by atoms with Gasteiger partial charge in [-0.1, -0.05) is 114 Å². The number of allylic oxidation sites excluding steroid dienone is 18. The van der Waals surface area contributed by atoms with Gasteiger partial charge in [0.25, 0.3) is 0 Å². The molecular formula is C49H49NO. The number of hydrogen-bond donors (Lipinski definition) is 0. The average molecular weight is 668 g/mol. The van der Waals surface area contributed by atoms with Crippen LogP contribution in [-0.4, -0.2) is 6.04 Å². The van der Waals surface area contributed by atoms with E-state index in [4.69, 9.17) is 4.42 Å². The lowest BCUT2D eigenvalue weighted by molar-refractivity contribution is 0.0671. The minimum absolute atomic E-state index is 0.227. The predicted octanol–water partition coefficient (Wildman–Crippen LogP) is 12.4. The lowest BCUT2D eigenvalue weighted by Crippen LogP contribution is -2.47. The van der Waals surface area contributed by atoms with Crippen molar-refractivity contribution in [3.05, 3.63) is 154 Å². The summed E-state index contributed by atoms with van der Waals surface area (Å²) in [5, 5.41) is 1.30. The zero-order chi connectivity index (χ0) is 33.5. The molecule has 0 bridgehead atoms. The number of rotatable bonds is 4. The number of fused-ring (bicyclic) bond motifs is 12. The summed E-state index contributed by atoms with van der Waals surface area (Å²) >= 11 is 0. The molecule has 7 unspecified atom stereocenters. The normalized spacial score (nSPS) is 34.1. The molecule has 0 N–H and O–H groups in total. The van der Waals surface area contributed by atoms with E-state index in [1.165, 1.54) is 72.0 Å². The van der Waals surface area contributed by atoms with Crippen molar-refractivity contribution in [3.8, 4) is 0 Å². The van der Waals surface area contributed by atoms with Crippen molar-refractivity contribution < 1.29 is 4.42 Å². The zero-order valence-corrected chi connectivity index (χ0v) is 29.8. The molecule has 1 saturated carbocycles. The van der Waals surface area contributed by atoms with Crippen LogP contribution in [0.15, 0.2) is 147 Å². The summed E-state index contributed by atoms with van der Waals surface area (Å²) in [6.45, 7) is 0. The van der Waals surface area contributed by atoms with E-state index in [2.05, 4.69) is 120 Å². The van der Waals surface area contributed by atoms with Gasteiger partial charge in [-0.25, -0.2) is 0 Å². The van der Waals surface area contributed by atoms with Crippen LogP contribution in [-0.2, 0) is 6.42 Å². The minimum Gasteiger partial charge on any atom is -0.460 e. The highest BCUT2D eigenvalue weighted by molar-refractivity contribution is 6.00. The van der Waals surface area contributed by atoms with Gasteiger partial charge in [0.2, 0.25) is 0 Å². The van der Waals surface area contributed by atoms with Crippen LogP contribution < -0.4 is 4.90 Å². The highest BCUT2D eigenvalue weighted by Crippen LogP contribution is 2.73. The maximum Gasteiger partial charge on any atom is 0.137 e. The fourth-order valence-corrected chi connectivity index (χ4v) is 12.6. The van der Waals surface area contributed by atoms with Crippen molar-refractivity contribution in [2.45, 2.75) is 83.1 Å². The molecule has 2 aromatic rings. The molecule has 256 valence electrons. The standard InChI is InChI=1S/C49H49NO/c1-2-15-32(16-3-1)34-17-7-12-25-44(34)50(45-26-14-28-47-48(45)39-21-8-13-27-46(39)51-47)33-29-30-38-37-20-6-11-24-42(37)49(43(38)31-33)40-22-9-4-18-35(40)36-19-5-10-23-41(36)49/h1-2,4-6,8-9,14-15,17-21,25-26,28-30,33,36,38,40-41,43H,3,7,10-13,16,22-24,27,31H2. The highest BCUT2D eigenvalue weighted by Gasteiger charge is 2.66. The van der Waals surface area contributed by atoms with Gasteiger partial charge >= 0.3 is 0 Å². The lowest BCUT2D eigenvalue weighted by Gasteiger charge is -2.50. The van der Waals surface area contributed by atoms with Gasteiger partial charge in [-0.3, -0.25) is 0 Å². The van der Waals surface area contributed by atoms with Gasteiger partial charge in [0.1, 0.15) is 11.3 Å². The topological polar surface area (TPSA) is 16.4 Å². The van der Waals surface area contributed by atoms with E-state index in [0.29, 0.717) is 29.6 Å². The molecule has 9 aliphatic rings. The summed E-state index contributed by atoms with van der Waals surface area (Å²) in [5.74, 6) is 4.16. The Morgan fingerprint density at radius 1 is 0.745 bits per heavy atom. The van der Waals surface area contributed by atoms with Crippen LogP contribution >= 0.6 is 0 Å². The van der Waals surface area contributed by atoms with Crippen LogP contribution in [0.4, 0.5) is 5.69 Å². The molecule has 0 radical (unpaired) electrons. The molecule has 1 aromatic heterocycles. The fourth-order valence-electron chi connectivity index (χ4n) is 12.6. The first-order valence-corrected chi connectivity index (χ1v) is 20.2. The van der Waals surface area contributed by atoms with Gasteiger partial charge in [0.15, 0.2) is 0 Å². The van der Waals surface area contributed by atoms with Gasteiger partial charge in [-0.2, -0.15) is 0 Å². The van der Waals surface area contributed by atoms with Gasteiger partial charge < -0.3 is 9.32 Å². The van der Waals surface area contributed by atoms with Crippen molar-refractivity contribution in [2.24, 2.45) is 35.0 Å². The number of hydrogen-bond acceptors (Lipinski definition) is 2. The van der Waals surface area contributed by atoms with Crippen LogP contribution in [0.3, 0.4) is 0 Å².